The zero-order valence-corrected chi connectivity index (χ0v) is 14.0. The second-order valence-corrected chi connectivity index (χ2v) is 6.65. The number of hydrogen-bond acceptors (Lipinski definition) is 4. The molecule has 1 aliphatic carbocycles. The van der Waals surface area contributed by atoms with Gasteiger partial charge in [-0.15, -0.1) is 0 Å². The summed E-state index contributed by atoms with van der Waals surface area (Å²) in [5.74, 6) is 0. The van der Waals surface area contributed by atoms with E-state index in [-0.39, 0.29) is 6.04 Å². The van der Waals surface area contributed by atoms with E-state index in [9.17, 15) is 0 Å². The smallest absolute Gasteiger partial charge is 0.0948 e. The van der Waals surface area contributed by atoms with Crippen LogP contribution in [0, 0.1) is 0 Å². The summed E-state index contributed by atoms with van der Waals surface area (Å²) in [7, 11) is 6.60. The molecule has 0 saturated heterocycles. The lowest BCUT2D eigenvalue weighted by Gasteiger charge is -2.50. The molecule has 1 aromatic heterocycles. The average Bonchev–Trinajstić information content (AvgIpc) is 2.83. The summed E-state index contributed by atoms with van der Waals surface area (Å²) in [6, 6.07) is 0.247. The summed E-state index contributed by atoms with van der Waals surface area (Å²) < 4.78 is 2.25. The van der Waals surface area contributed by atoms with E-state index in [1.54, 1.807) is 0 Å². The van der Waals surface area contributed by atoms with Gasteiger partial charge in [-0.1, -0.05) is 6.92 Å². The van der Waals surface area contributed by atoms with E-state index in [0.717, 1.165) is 19.5 Å². The van der Waals surface area contributed by atoms with Crippen LogP contribution in [0.3, 0.4) is 0 Å². The van der Waals surface area contributed by atoms with Crippen molar-refractivity contribution in [2.24, 2.45) is 5.73 Å². The van der Waals surface area contributed by atoms with Gasteiger partial charge in [-0.05, 0) is 46.8 Å². The Kier molecular flexibility index (Phi) is 5.41. The molecule has 1 atom stereocenters. The maximum atomic E-state index is 6.09. The number of nitrogens with two attached hydrogens (primary N) is 1. The minimum absolute atomic E-state index is 0.247. The molecule has 0 aliphatic heterocycles. The number of aryl methyl sites for hydroxylation is 1. The molecular formula is C16H31N5. The molecule has 1 saturated carbocycles. The summed E-state index contributed by atoms with van der Waals surface area (Å²) in [4.78, 5) is 9.14. The fourth-order valence-corrected chi connectivity index (χ4v) is 3.47. The Labute approximate surface area is 129 Å². The van der Waals surface area contributed by atoms with E-state index in [0.29, 0.717) is 12.1 Å². The maximum absolute atomic E-state index is 6.09. The van der Waals surface area contributed by atoms with Crippen LogP contribution >= 0.6 is 0 Å². The minimum atomic E-state index is 0.247. The topological polar surface area (TPSA) is 50.3 Å². The van der Waals surface area contributed by atoms with Gasteiger partial charge in [0.2, 0.25) is 0 Å². The zero-order chi connectivity index (χ0) is 15.5. The van der Waals surface area contributed by atoms with Gasteiger partial charge in [0, 0.05) is 31.4 Å². The van der Waals surface area contributed by atoms with Gasteiger partial charge in [-0.25, -0.2) is 4.98 Å². The Morgan fingerprint density at radius 1 is 1.38 bits per heavy atom. The van der Waals surface area contributed by atoms with E-state index in [1.165, 1.54) is 25.0 Å². The highest BCUT2D eigenvalue weighted by molar-refractivity contribution is 5.08. The highest BCUT2D eigenvalue weighted by atomic mass is 15.3. The van der Waals surface area contributed by atoms with Crippen molar-refractivity contribution in [3.8, 4) is 0 Å². The summed E-state index contributed by atoms with van der Waals surface area (Å²) in [5.41, 5.74) is 7.66. The fraction of sp³-hybridized carbons (Fsp3) is 0.812. The van der Waals surface area contributed by atoms with Gasteiger partial charge in [0.05, 0.1) is 18.1 Å². The van der Waals surface area contributed by atoms with Crippen LogP contribution in [-0.4, -0.2) is 59.1 Å². The van der Waals surface area contributed by atoms with Crippen LogP contribution in [-0.2, 0) is 6.54 Å². The lowest BCUT2D eigenvalue weighted by Crippen LogP contribution is -2.57. The summed E-state index contributed by atoms with van der Waals surface area (Å²) in [6.45, 7) is 4.91. The van der Waals surface area contributed by atoms with Gasteiger partial charge in [0.1, 0.15) is 0 Å². The van der Waals surface area contributed by atoms with Gasteiger partial charge >= 0.3 is 0 Å². The van der Waals surface area contributed by atoms with Crippen LogP contribution in [0.15, 0.2) is 12.5 Å². The number of imidazole rings is 1. The van der Waals surface area contributed by atoms with Gasteiger partial charge in [-0.2, -0.15) is 0 Å². The molecule has 1 aromatic rings. The van der Waals surface area contributed by atoms with Crippen molar-refractivity contribution < 1.29 is 0 Å². The van der Waals surface area contributed by atoms with Gasteiger partial charge < -0.3 is 15.2 Å². The molecular weight excluding hydrogens is 262 g/mol. The lowest BCUT2D eigenvalue weighted by atomic mass is 9.75. The molecule has 0 radical (unpaired) electrons. The molecule has 2 rings (SSSR count). The van der Waals surface area contributed by atoms with Crippen molar-refractivity contribution >= 4 is 0 Å². The predicted molar refractivity (Wildman–Crippen MR) is 87.2 cm³/mol. The van der Waals surface area contributed by atoms with E-state index < -0.39 is 0 Å². The molecule has 21 heavy (non-hydrogen) atoms. The highest BCUT2D eigenvalue weighted by Crippen LogP contribution is 2.38. The van der Waals surface area contributed by atoms with Crippen molar-refractivity contribution in [1.82, 2.24) is 19.4 Å². The monoisotopic (exact) mass is 293 g/mol. The Morgan fingerprint density at radius 2 is 2.10 bits per heavy atom. The third-order valence-electron chi connectivity index (χ3n) is 5.08. The number of rotatable bonds is 8. The third-order valence-corrected chi connectivity index (χ3v) is 5.08. The number of likely N-dealkylation sites (N-methyl/N-ethyl adjacent to an activating group) is 2. The van der Waals surface area contributed by atoms with Gasteiger partial charge in [0.15, 0.2) is 0 Å². The molecule has 0 bridgehead atoms. The first kappa shape index (κ1) is 16.5. The molecule has 5 nitrogen and oxygen atoms in total. The maximum Gasteiger partial charge on any atom is 0.0948 e. The van der Waals surface area contributed by atoms with E-state index >= 15 is 0 Å². The molecule has 1 aliphatic rings. The molecule has 2 N–H and O–H groups in total. The molecule has 1 fully saturated rings. The summed E-state index contributed by atoms with van der Waals surface area (Å²) in [6.07, 6.45) is 8.94. The predicted octanol–water partition coefficient (Wildman–Crippen LogP) is 1.71. The van der Waals surface area contributed by atoms with Crippen molar-refractivity contribution in [2.45, 2.75) is 50.7 Å². The molecule has 0 amide bonds. The Hall–Kier alpha value is -0.910. The zero-order valence-electron chi connectivity index (χ0n) is 14.0. The number of aromatic nitrogens is 2. The first-order valence-corrected chi connectivity index (χ1v) is 8.12. The van der Waals surface area contributed by atoms with Crippen molar-refractivity contribution in [3.05, 3.63) is 18.2 Å². The van der Waals surface area contributed by atoms with Crippen molar-refractivity contribution in [3.63, 3.8) is 0 Å². The van der Waals surface area contributed by atoms with Crippen molar-refractivity contribution in [2.75, 3.05) is 34.2 Å². The summed E-state index contributed by atoms with van der Waals surface area (Å²) >= 11 is 0. The SMILES string of the molecule is CCCn1cncc1C(CN)N(C)CC1(N(C)C)CCC1. The van der Waals surface area contributed by atoms with Crippen LogP contribution < -0.4 is 5.73 Å². The molecule has 5 heteroatoms. The Morgan fingerprint density at radius 3 is 2.57 bits per heavy atom. The highest BCUT2D eigenvalue weighted by Gasteiger charge is 2.41. The largest absolute Gasteiger partial charge is 0.333 e. The van der Waals surface area contributed by atoms with Crippen LogP contribution in [0.4, 0.5) is 0 Å². The molecule has 1 heterocycles. The second kappa shape index (κ2) is 6.90. The number of nitrogens with zero attached hydrogens (tertiary/aromatic N) is 4. The molecule has 120 valence electrons. The van der Waals surface area contributed by atoms with E-state index in [4.69, 9.17) is 5.73 Å². The third kappa shape index (κ3) is 3.30. The van der Waals surface area contributed by atoms with Crippen LogP contribution in [0.1, 0.15) is 44.3 Å². The Bertz CT molecular complexity index is 436. The first-order chi connectivity index (χ1) is 10.0. The first-order valence-electron chi connectivity index (χ1n) is 8.12. The Balaban J connectivity index is 2.11. The van der Waals surface area contributed by atoms with E-state index in [2.05, 4.69) is 47.4 Å². The molecule has 1 unspecified atom stereocenters. The quantitative estimate of drug-likeness (QED) is 0.793. The van der Waals surface area contributed by atoms with E-state index in [1.807, 2.05) is 12.5 Å². The van der Waals surface area contributed by atoms with Crippen molar-refractivity contribution in [1.29, 1.82) is 0 Å². The number of hydrogen-bond donors (Lipinski definition) is 1. The lowest BCUT2D eigenvalue weighted by molar-refractivity contribution is 0.0159. The standard InChI is InChI=1S/C16H31N5/c1-5-9-21-13-18-11-15(21)14(10-17)20(4)12-16(19(2)3)7-6-8-16/h11,13-14H,5-10,12,17H2,1-4H3. The normalized spacial score (nSPS) is 19.0. The van der Waals surface area contributed by atoms with Crippen LogP contribution in [0.25, 0.3) is 0 Å². The molecule has 0 aromatic carbocycles. The van der Waals surface area contributed by atoms with Crippen LogP contribution in [0.5, 0.6) is 0 Å². The van der Waals surface area contributed by atoms with Gasteiger partial charge in [0.25, 0.3) is 0 Å². The van der Waals surface area contributed by atoms with Crippen LogP contribution in [0.2, 0.25) is 0 Å². The minimum Gasteiger partial charge on any atom is -0.333 e. The average molecular weight is 293 g/mol. The fourth-order valence-electron chi connectivity index (χ4n) is 3.47. The molecule has 0 spiro atoms. The second-order valence-electron chi connectivity index (χ2n) is 6.65. The van der Waals surface area contributed by atoms with Gasteiger partial charge in [-0.3, -0.25) is 4.90 Å². The summed E-state index contributed by atoms with van der Waals surface area (Å²) in [5, 5.41) is 0.